The fraction of sp³-hybridized carbons (Fsp3) is 0.923. The van der Waals surface area contributed by atoms with Gasteiger partial charge in [-0.2, -0.15) is 0 Å². The minimum absolute atomic E-state index is 0.0264. The van der Waals surface area contributed by atoms with Crippen LogP contribution in [-0.4, -0.2) is 24.2 Å². The molecule has 1 saturated carbocycles. The molecule has 1 fully saturated rings. The van der Waals surface area contributed by atoms with E-state index in [-0.39, 0.29) is 23.8 Å². The zero-order valence-electron chi connectivity index (χ0n) is 10.6. The van der Waals surface area contributed by atoms with Crippen LogP contribution in [0.3, 0.4) is 0 Å². The summed E-state index contributed by atoms with van der Waals surface area (Å²) >= 11 is 0. The smallest absolute Gasteiger partial charge is 0.223 e. The predicted molar refractivity (Wildman–Crippen MR) is 65.1 cm³/mol. The van der Waals surface area contributed by atoms with Gasteiger partial charge in [-0.3, -0.25) is 4.79 Å². The van der Waals surface area contributed by atoms with E-state index >= 15 is 0 Å². The van der Waals surface area contributed by atoms with Gasteiger partial charge < -0.3 is 10.4 Å². The first kappa shape index (κ1) is 13.5. The number of rotatable bonds is 8. The van der Waals surface area contributed by atoms with Crippen LogP contribution in [0.4, 0.5) is 0 Å². The molecule has 1 rings (SSSR count). The van der Waals surface area contributed by atoms with E-state index in [0.29, 0.717) is 6.54 Å². The van der Waals surface area contributed by atoms with Gasteiger partial charge in [-0.15, -0.1) is 0 Å². The van der Waals surface area contributed by atoms with Crippen LogP contribution in [0, 0.1) is 11.3 Å². The highest BCUT2D eigenvalue weighted by Crippen LogP contribution is 2.44. The van der Waals surface area contributed by atoms with Gasteiger partial charge in [0.25, 0.3) is 0 Å². The van der Waals surface area contributed by atoms with Gasteiger partial charge in [0.2, 0.25) is 5.91 Å². The molecule has 0 radical (unpaired) electrons. The third kappa shape index (κ3) is 3.78. The summed E-state index contributed by atoms with van der Waals surface area (Å²) in [4.78, 5) is 11.9. The van der Waals surface area contributed by atoms with Crippen LogP contribution < -0.4 is 5.32 Å². The molecule has 0 bridgehead atoms. The Bertz CT molecular complexity index is 218. The van der Waals surface area contributed by atoms with E-state index in [1.807, 2.05) is 0 Å². The van der Waals surface area contributed by atoms with Gasteiger partial charge in [-0.1, -0.05) is 26.7 Å². The van der Waals surface area contributed by atoms with E-state index < -0.39 is 0 Å². The van der Waals surface area contributed by atoms with Crippen LogP contribution in [0.25, 0.3) is 0 Å². The highest BCUT2D eigenvalue weighted by Gasteiger charge is 2.42. The van der Waals surface area contributed by atoms with Gasteiger partial charge in [0.05, 0.1) is 6.61 Å². The summed E-state index contributed by atoms with van der Waals surface area (Å²) in [5.41, 5.74) is 0.0264. The first-order chi connectivity index (χ1) is 7.67. The van der Waals surface area contributed by atoms with E-state index in [2.05, 4.69) is 19.2 Å². The highest BCUT2D eigenvalue weighted by atomic mass is 16.3. The molecule has 1 aliphatic rings. The fourth-order valence-electron chi connectivity index (χ4n) is 2.09. The monoisotopic (exact) mass is 227 g/mol. The van der Waals surface area contributed by atoms with E-state index in [0.717, 1.165) is 38.5 Å². The molecule has 0 unspecified atom stereocenters. The Morgan fingerprint density at radius 1 is 1.31 bits per heavy atom. The summed E-state index contributed by atoms with van der Waals surface area (Å²) in [6.45, 7) is 5.10. The number of aliphatic hydroxyl groups excluding tert-OH is 1. The predicted octanol–water partition coefficient (Wildman–Crippen LogP) is 2.09. The summed E-state index contributed by atoms with van der Waals surface area (Å²) < 4.78 is 0. The van der Waals surface area contributed by atoms with E-state index in [9.17, 15) is 4.79 Å². The van der Waals surface area contributed by atoms with Gasteiger partial charge >= 0.3 is 0 Å². The Labute approximate surface area is 98.6 Å². The SMILES string of the molecule is CCCC(CCC)C(=O)NCC1(CO)CC1. The van der Waals surface area contributed by atoms with Crippen LogP contribution >= 0.6 is 0 Å². The lowest BCUT2D eigenvalue weighted by molar-refractivity contribution is -0.125. The van der Waals surface area contributed by atoms with Crippen molar-refractivity contribution in [3.63, 3.8) is 0 Å². The van der Waals surface area contributed by atoms with Crippen molar-refractivity contribution in [1.29, 1.82) is 0 Å². The molecule has 0 aliphatic heterocycles. The summed E-state index contributed by atoms with van der Waals surface area (Å²) in [6.07, 6.45) is 6.18. The molecule has 94 valence electrons. The van der Waals surface area contributed by atoms with Crippen molar-refractivity contribution < 1.29 is 9.90 Å². The highest BCUT2D eigenvalue weighted by molar-refractivity contribution is 5.78. The fourth-order valence-corrected chi connectivity index (χ4v) is 2.09. The van der Waals surface area contributed by atoms with E-state index in [4.69, 9.17) is 5.11 Å². The minimum atomic E-state index is 0.0264. The van der Waals surface area contributed by atoms with Gasteiger partial charge in [0.1, 0.15) is 0 Å². The van der Waals surface area contributed by atoms with Crippen LogP contribution in [0.2, 0.25) is 0 Å². The zero-order chi connectivity index (χ0) is 12.0. The van der Waals surface area contributed by atoms with Crippen molar-refractivity contribution in [2.45, 2.75) is 52.4 Å². The topological polar surface area (TPSA) is 49.3 Å². The third-order valence-electron chi connectivity index (χ3n) is 3.58. The van der Waals surface area contributed by atoms with Crippen LogP contribution in [-0.2, 0) is 4.79 Å². The molecule has 0 aromatic heterocycles. The molecule has 1 amide bonds. The molecule has 0 saturated heterocycles. The number of hydrogen-bond acceptors (Lipinski definition) is 2. The summed E-state index contributed by atoms with van der Waals surface area (Å²) in [6, 6.07) is 0. The molecule has 1 aliphatic carbocycles. The maximum absolute atomic E-state index is 11.9. The maximum Gasteiger partial charge on any atom is 0.223 e. The zero-order valence-corrected chi connectivity index (χ0v) is 10.6. The molecule has 3 nitrogen and oxygen atoms in total. The van der Waals surface area contributed by atoms with Gasteiger partial charge in [0, 0.05) is 17.9 Å². The van der Waals surface area contributed by atoms with Gasteiger partial charge in [-0.25, -0.2) is 0 Å². The van der Waals surface area contributed by atoms with Crippen molar-refractivity contribution in [3.05, 3.63) is 0 Å². The molecule has 0 heterocycles. The number of carbonyl (C=O) groups is 1. The quantitative estimate of drug-likeness (QED) is 0.667. The molecule has 0 atom stereocenters. The molecule has 3 heteroatoms. The summed E-state index contributed by atoms with van der Waals surface area (Å²) in [5, 5.41) is 12.2. The number of nitrogens with one attached hydrogen (secondary N) is 1. The lowest BCUT2D eigenvalue weighted by Gasteiger charge is -2.18. The molecule has 16 heavy (non-hydrogen) atoms. The summed E-state index contributed by atoms with van der Waals surface area (Å²) in [5.74, 6) is 0.355. The van der Waals surface area contributed by atoms with Crippen molar-refractivity contribution in [2.75, 3.05) is 13.2 Å². The van der Waals surface area contributed by atoms with Gasteiger partial charge in [0.15, 0.2) is 0 Å². The molecule has 0 aromatic carbocycles. The van der Waals surface area contributed by atoms with Crippen LogP contribution in [0.15, 0.2) is 0 Å². The Morgan fingerprint density at radius 3 is 2.25 bits per heavy atom. The maximum atomic E-state index is 11.9. The second-order valence-corrected chi connectivity index (χ2v) is 5.15. The lowest BCUT2D eigenvalue weighted by atomic mass is 9.97. The molecule has 0 spiro atoms. The molecule has 0 aromatic rings. The van der Waals surface area contributed by atoms with Crippen LogP contribution in [0.5, 0.6) is 0 Å². The van der Waals surface area contributed by atoms with Crippen molar-refractivity contribution in [1.82, 2.24) is 5.32 Å². The number of carbonyl (C=O) groups excluding carboxylic acids is 1. The number of aliphatic hydroxyl groups is 1. The summed E-state index contributed by atoms with van der Waals surface area (Å²) in [7, 11) is 0. The van der Waals surface area contributed by atoms with E-state index in [1.54, 1.807) is 0 Å². The second kappa shape index (κ2) is 6.24. The first-order valence-electron chi connectivity index (χ1n) is 6.56. The average molecular weight is 227 g/mol. The van der Waals surface area contributed by atoms with E-state index in [1.165, 1.54) is 0 Å². The Balaban J connectivity index is 2.30. The normalized spacial score (nSPS) is 17.5. The largest absolute Gasteiger partial charge is 0.396 e. The second-order valence-electron chi connectivity index (χ2n) is 5.15. The van der Waals surface area contributed by atoms with Crippen LogP contribution in [0.1, 0.15) is 52.4 Å². The Kier molecular flexibility index (Phi) is 5.26. The average Bonchev–Trinajstić information content (AvgIpc) is 3.06. The van der Waals surface area contributed by atoms with Gasteiger partial charge in [-0.05, 0) is 25.7 Å². The lowest BCUT2D eigenvalue weighted by Crippen LogP contribution is -2.36. The number of amides is 1. The minimum Gasteiger partial charge on any atom is -0.396 e. The Hall–Kier alpha value is -0.570. The van der Waals surface area contributed by atoms with Crippen molar-refractivity contribution in [3.8, 4) is 0 Å². The molecular weight excluding hydrogens is 202 g/mol. The molecule has 2 N–H and O–H groups in total. The Morgan fingerprint density at radius 2 is 1.88 bits per heavy atom. The number of hydrogen-bond donors (Lipinski definition) is 2. The third-order valence-corrected chi connectivity index (χ3v) is 3.58. The first-order valence-corrected chi connectivity index (χ1v) is 6.56. The van der Waals surface area contributed by atoms with Crippen molar-refractivity contribution in [2.24, 2.45) is 11.3 Å². The standard InChI is InChI=1S/C13H25NO2/c1-3-5-11(6-4-2)12(16)14-9-13(10-15)7-8-13/h11,15H,3-10H2,1-2H3,(H,14,16). The van der Waals surface area contributed by atoms with Crippen molar-refractivity contribution >= 4 is 5.91 Å². The molecular formula is C13H25NO2.